The summed E-state index contributed by atoms with van der Waals surface area (Å²) in [5.41, 5.74) is 0.985. The van der Waals surface area contributed by atoms with E-state index in [1.165, 1.54) is 0 Å². The van der Waals surface area contributed by atoms with Gasteiger partial charge in [-0.15, -0.1) is 0 Å². The Kier molecular flexibility index (Phi) is 5.86. The zero-order valence-electron chi connectivity index (χ0n) is 17.2. The van der Waals surface area contributed by atoms with E-state index in [0.29, 0.717) is 23.7 Å². The summed E-state index contributed by atoms with van der Waals surface area (Å²) in [4.78, 5) is 42.8. The molecular weight excluding hydrogens is 384 g/mol. The van der Waals surface area contributed by atoms with Crippen molar-refractivity contribution in [3.8, 4) is 5.75 Å². The Labute approximate surface area is 174 Å². The fourth-order valence-electron chi connectivity index (χ4n) is 3.06. The van der Waals surface area contributed by atoms with Crippen LogP contribution in [0.5, 0.6) is 5.75 Å². The van der Waals surface area contributed by atoms with Gasteiger partial charge in [-0.2, -0.15) is 0 Å². The van der Waals surface area contributed by atoms with Crippen LogP contribution in [-0.4, -0.2) is 40.9 Å². The van der Waals surface area contributed by atoms with Gasteiger partial charge in [0.2, 0.25) is 5.91 Å². The largest absolute Gasteiger partial charge is 0.489 e. The molecule has 30 heavy (non-hydrogen) atoms. The zero-order valence-corrected chi connectivity index (χ0v) is 17.2. The highest BCUT2D eigenvalue weighted by Crippen LogP contribution is 2.30. The molecule has 2 aromatic rings. The Morgan fingerprint density at radius 1 is 1.27 bits per heavy atom. The molecule has 8 heteroatoms. The molecule has 156 valence electrons. The SMILES string of the molecule is C=C(C)COc1ccc(C2(C)NC(=O)N(CC(=O)Nc3ncccc3C)C2=O)cc1. The summed E-state index contributed by atoms with van der Waals surface area (Å²) in [5.74, 6) is 0.0100. The average molecular weight is 408 g/mol. The van der Waals surface area contributed by atoms with Crippen LogP contribution >= 0.6 is 0 Å². The van der Waals surface area contributed by atoms with Gasteiger partial charge in [-0.3, -0.25) is 14.5 Å². The summed E-state index contributed by atoms with van der Waals surface area (Å²) < 4.78 is 5.56. The van der Waals surface area contributed by atoms with Crippen LogP contribution in [-0.2, 0) is 15.1 Å². The molecular formula is C22H24N4O4. The zero-order chi connectivity index (χ0) is 21.9. The summed E-state index contributed by atoms with van der Waals surface area (Å²) >= 11 is 0. The van der Waals surface area contributed by atoms with Crippen molar-refractivity contribution in [1.82, 2.24) is 15.2 Å². The number of pyridine rings is 1. The van der Waals surface area contributed by atoms with E-state index in [-0.39, 0.29) is 0 Å². The molecule has 0 aliphatic carbocycles. The minimum Gasteiger partial charge on any atom is -0.489 e. The fourth-order valence-corrected chi connectivity index (χ4v) is 3.06. The summed E-state index contributed by atoms with van der Waals surface area (Å²) in [5, 5.41) is 5.31. The summed E-state index contributed by atoms with van der Waals surface area (Å²) in [6.45, 7) is 9.05. The maximum absolute atomic E-state index is 13.0. The number of aryl methyl sites for hydroxylation is 1. The van der Waals surface area contributed by atoms with Crippen LogP contribution in [0.25, 0.3) is 0 Å². The predicted octanol–water partition coefficient (Wildman–Crippen LogP) is 2.75. The molecule has 1 aliphatic heterocycles. The number of carbonyl (C=O) groups is 3. The van der Waals surface area contributed by atoms with E-state index in [1.807, 2.05) is 6.92 Å². The van der Waals surface area contributed by atoms with Gasteiger partial charge in [-0.25, -0.2) is 9.78 Å². The number of aromatic nitrogens is 1. The number of ether oxygens (including phenoxy) is 1. The van der Waals surface area contributed by atoms with Crippen molar-refractivity contribution in [2.75, 3.05) is 18.5 Å². The molecule has 3 rings (SSSR count). The number of benzene rings is 1. The molecule has 4 amide bonds. The van der Waals surface area contributed by atoms with Crippen molar-refractivity contribution < 1.29 is 19.1 Å². The molecule has 2 heterocycles. The minimum absolute atomic E-state index is 0.391. The number of nitrogens with one attached hydrogen (secondary N) is 2. The Morgan fingerprint density at radius 3 is 2.60 bits per heavy atom. The quantitative estimate of drug-likeness (QED) is 0.542. The lowest BCUT2D eigenvalue weighted by molar-refractivity contribution is -0.133. The lowest BCUT2D eigenvalue weighted by Gasteiger charge is -2.22. The van der Waals surface area contributed by atoms with E-state index >= 15 is 0 Å². The van der Waals surface area contributed by atoms with Crippen LogP contribution in [0.15, 0.2) is 54.7 Å². The highest BCUT2D eigenvalue weighted by atomic mass is 16.5. The first kappa shape index (κ1) is 21.0. The van der Waals surface area contributed by atoms with E-state index in [2.05, 4.69) is 22.2 Å². The highest BCUT2D eigenvalue weighted by Gasteiger charge is 2.49. The Balaban J connectivity index is 1.70. The number of hydrogen-bond donors (Lipinski definition) is 2. The lowest BCUT2D eigenvalue weighted by Crippen LogP contribution is -2.42. The smallest absolute Gasteiger partial charge is 0.325 e. The maximum atomic E-state index is 13.0. The molecule has 1 aliphatic rings. The molecule has 1 unspecified atom stereocenters. The molecule has 1 aromatic heterocycles. The van der Waals surface area contributed by atoms with E-state index < -0.39 is 29.9 Å². The number of urea groups is 1. The number of rotatable bonds is 7. The predicted molar refractivity (Wildman–Crippen MR) is 112 cm³/mol. The first-order chi connectivity index (χ1) is 14.2. The van der Waals surface area contributed by atoms with Crippen LogP contribution in [0.4, 0.5) is 10.6 Å². The summed E-state index contributed by atoms with van der Waals surface area (Å²) in [7, 11) is 0. The second-order valence-electron chi connectivity index (χ2n) is 7.43. The number of amides is 4. The topological polar surface area (TPSA) is 101 Å². The third-order valence-corrected chi connectivity index (χ3v) is 4.76. The third kappa shape index (κ3) is 4.32. The normalized spacial score (nSPS) is 18.2. The second kappa shape index (κ2) is 8.36. The van der Waals surface area contributed by atoms with Gasteiger partial charge < -0.3 is 15.4 Å². The van der Waals surface area contributed by atoms with Crippen LogP contribution in [0, 0.1) is 6.92 Å². The van der Waals surface area contributed by atoms with E-state index in [9.17, 15) is 14.4 Å². The van der Waals surface area contributed by atoms with Gasteiger partial charge in [0.05, 0.1) is 0 Å². The lowest BCUT2D eigenvalue weighted by atomic mass is 9.92. The molecule has 0 radical (unpaired) electrons. The summed E-state index contributed by atoms with van der Waals surface area (Å²) in [6, 6.07) is 9.81. The fraction of sp³-hybridized carbons (Fsp3) is 0.273. The molecule has 2 N–H and O–H groups in total. The van der Waals surface area contributed by atoms with E-state index in [1.54, 1.807) is 56.4 Å². The van der Waals surface area contributed by atoms with Crippen molar-refractivity contribution in [3.05, 3.63) is 65.9 Å². The van der Waals surface area contributed by atoms with Gasteiger partial charge in [0.1, 0.15) is 30.3 Å². The molecule has 1 saturated heterocycles. The first-order valence-corrected chi connectivity index (χ1v) is 9.44. The van der Waals surface area contributed by atoms with Crippen molar-refractivity contribution in [1.29, 1.82) is 0 Å². The minimum atomic E-state index is -1.27. The molecule has 0 saturated carbocycles. The van der Waals surface area contributed by atoms with E-state index in [0.717, 1.165) is 16.0 Å². The Bertz CT molecular complexity index is 1000. The highest BCUT2D eigenvalue weighted by molar-refractivity contribution is 6.10. The Morgan fingerprint density at radius 2 is 1.97 bits per heavy atom. The monoisotopic (exact) mass is 408 g/mol. The van der Waals surface area contributed by atoms with Gasteiger partial charge in [-0.05, 0) is 55.7 Å². The van der Waals surface area contributed by atoms with Crippen LogP contribution in [0.2, 0.25) is 0 Å². The van der Waals surface area contributed by atoms with Gasteiger partial charge >= 0.3 is 6.03 Å². The second-order valence-corrected chi connectivity index (χ2v) is 7.43. The number of carbonyl (C=O) groups excluding carboxylic acids is 3. The van der Waals surface area contributed by atoms with Crippen LogP contribution in [0.3, 0.4) is 0 Å². The number of imide groups is 1. The maximum Gasteiger partial charge on any atom is 0.325 e. The van der Waals surface area contributed by atoms with Crippen molar-refractivity contribution in [2.24, 2.45) is 0 Å². The number of nitrogens with zero attached hydrogens (tertiary/aromatic N) is 2. The average Bonchev–Trinajstić information content (AvgIpc) is 2.92. The van der Waals surface area contributed by atoms with Crippen LogP contribution in [0.1, 0.15) is 25.0 Å². The van der Waals surface area contributed by atoms with Crippen molar-refractivity contribution in [2.45, 2.75) is 26.3 Å². The van der Waals surface area contributed by atoms with Crippen molar-refractivity contribution >= 4 is 23.7 Å². The molecule has 1 aromatic carbocycles. The molecule has 1 fully saturated rings. The Hall–Kier alpha value is -3.68. The van der Waals surface area contributed by atoms with Crippen LogP contribution < -0.4 is 15.4 Å². The van der Waals surface area contributed by atoms with Gasteiger partial charge in [0.25, 0.3) is 5.91 Å². The van der Waals surface area contributed by atoms with Gasteiger partial charge in [0.15, 0.2) is 0 Å². The molecule has 1 atom stereocenters. The summed E-state index contributed by atoms with van der Waals surface area (Å²) in [6.07, 6.45) is 1.55. The standard InChI is InChI=1S/C22H24N4O4/c1-14(2)13-30-17-9-7-16(8-10-17)22(4)20(28)26(21(29)25-22)12-18(27)24-19-15(3)6-5-11-23-19/h5-11H,1,12-13H2,2-4H3,(H,25,29)(H,23,24,27). The van der Waals surface area contributed by atoms with Crippen molar-refractivity contribution in [3.63, 3.8) is 0 Å². The molecule has 0 spiro atoms. The first-order valence-electron chi connectivity index (χ1n) is 9.44. The van der Waals surface area contributed by atoms with Gasteiger partial charge in [-0.1, -0.05) is 24.8 Å². The van der Waals surface area contributed by atoms with E-state index in [4.69, 9.17) is 4.74 Å². The number of hydrogen-bond acceptors (Lipinski definition) is 5. The molecule has 8 nitrogen and oxygen atoms in total. The third-order valence-electron chi connectivity index (χ3n) is 4.76. The number of anilines is 1. The van der Waals surface area contributed by atoms with Gasteiger partial charge in [0, 0.05) is 6.20 Å². The molecule has 0 bridgehead atoms.